The molecule has 0 aliphatic heterocycles. The molecule has 0 aromatic rings. The van der Waals surface area contributed by atoms with Crippen LogP contribution < -0.4 is 0 Å². The Morgan fingerprint density at radius 1 is 0.667 bits per heavy atom. The van der Waals surface area contributed by atoms with E-state index in [0.29, 0.717) is 0 Å². The van der Waals surface area contributed by atoms with Crippen LogP contribution in [0, 0.1) is 0 Å². The molecule has 0 fully saturated rings. The van der Waals surface area contributed by atoms with Crippen LogP contribution in [0.5, 0.6) is 0 Å². The van der Waals surface area contributed by atoms with Gasteiger partial charge in [0.1, 0.15) is 0 Å². The monoisotopic (exact) mass is 514 g/mol. The maximum absolute atomic E-state index is 7.57. The molecule has 0 radical (unpaired) electrons. The molecular weight excluding hydrogens is 469 g/mol. The molecule has 6 heteroatoms. The number of rotatable bonds is 9. The van der Waals surface area contributed by atoms with E-state index in [4.69, 9.17) is 8.44 Å². The maximum atomic E-state index is 7.57. The summed E-state index contributed by atoms with van der Waals surface area (Å²) in [6.07, 6.45) is 0. The number of hydrogen-bond acceptors (Lipinski definition) is 2. The topological polar surface area (TPSA) is 42.3 Å². The first-order chi connectivity index (χ1) is 11.2. The summed E-state index contributed by atoms with van der Waals surface area (Å²) in [6.45, 7) is 29.1. The minimum absolute atomic E-state index is 0.0201. The van der Waals surface area contributed by atoms with Gasteiger partial charge in [0, 0.05) is 6.61 Å². The van der Waals surface area contributed by atoms with E-state index in [1.807, 2.05) is 0 Å². The molecule has 0 bridgehead atoms. The summed E-state index contributed by atoms with van der Waals surface area (Å²) >= 11 is -3.21. The average Bonchev–Trinajstić information content (AvgIpc) is 2.50. The summed E-state index contributed by atoms with van der Waals surface area (Å²) in [5, 5.41) is 7.57. The normalized spacial score (nSPS) is 12.6. The van der Waals surface area contributed by atoms with E-state index < -0.39 is 17.7 Å². The van der Waals surface area contributed by atoms with Crippen molar-refractivity contribution in [1.29, 1.82) is 0 Å². The van der Waals surface area contributed by atoms with E-state index in [9.17, 15) is 0 Å². The van der Waals surface area contributed by atoms with E-state index in [1.165, 1.54) is 0 Å². The van der Waals surface area contributed by atoms with E-state index in [0.717, 1.165) is 39.3 Å². The van der Waals surface area contributed by atoms with Crippen molar-refractivity contribution >= 4 is 0 Å². The van der Waals surface area contributed by atoms with E-state index in [1.54, 1.807) is 6.92 Å². The van der Waals surface area contributed by atoms with Gasteiger partial charge in [-0.05, 0) is 6.92 Å². The van der Waals surface area contributed by atoms with Crippen LogP contribution in [0.3, 0.4) is 0 Å². The van der Waals surface area contributed by atoms with Gasteiger partial charge < -0.3 is 5.11 Å². The summed E-state index contributed by atoms with van der Waals surface area (Å²) in [4.78, 5) is 0. The van der Waals surface area contributed by atoms with Crippen molar-refractivity contribution in [3.63, 3.8) is 0 Å². The Morgan fingerprint density at radius 2 is 0.875 bits per heavy atom. The minimum atomic E-state index is -3.21. The van der Waals surface area contributed by atoms with E-state index in [2.05, 4.69) is 72.2 Å². The Balaban J connectivity index is 0. The van der Waals surface area contributed by atoms with Crippen molar-refractivity contribution in [2.24, 2.45) is 3.34 Å². The zero-order chi connectivity index (χ0) is 19.4. The third-order valence-corrected chi connectivity index (χ3v) is 21.2. The quantitative estimate of drug-likeness (QED) is 0.507. The fourth-order valence-electron chi connectivity index (χ4n) is 2.94. The molecule has 0 saturated carbocycles. The van der Waals surface area contributed by atoms with E-state index >= 15 is 0 Å². The van der Waals surface area contributed by atoms with Gasteiger partial charge in [0.15, 0.2) is 0 Å². The van der Waals surface area contributed by atoms with Crippen molar-refractivity contribution in [1.82, 2.24) is 9.91 Å². The van der Waals surface area contributed by atoms with Crippen molar-refractivity contribution in [2.45, 2.75) is 74.8 Å². The van der Waals surface area contributed by atoms with Gasteiger partial charge in [-0.3, -0.25) is 0 Å². The molecule has 0 rings (SSSR count). The van der Waals surface area contributed by atoms with Crippen molar-refractivity contribution < 1.29 is 22.8 Å². The van der Waals surface area contributed by atoms with Crippen LogP contribution in [-0.4, -0.2) is 66.4 Å². The molecule has 148 valence electrons. The van der Waals surface area contributed by atoms with Gasteiger partial charge in [0.2, 0.25) is 0 Å². The summed E-state index contributed by atoms with van der Waals surface area (Å²) in [5.74, 6) is 0. The standard InChI is InChI=1S/C4H9N.3C4H10N.C2H6O.Ta/c1-4(2,3)5;3*1-3-5-4-2;1-2-3;/h1-3H3;3*3-4H2,1-2H3;3H,2H2,1H3;/q;3*-1;;+3. The molecule has 0 saturated heterocycles. The molecule has 0 heterocycles. The summed E-state index contributed by atoms with van der Waals surface area (Å²) in [5.41, 5.74) is 0.0201. The molecule has 0 spiro atoms. The van der Waals surface area contributed by atoms with Gasteiger partial charge in [0.25, 0.3) is 0 Å². The van der Waals surface area contributed by atoms with Crippen LogP contribution in [-0.2, 0) is 17.7 Å². The first-order valence-electron chi connectivity index (χ1n) is 9.69. The van der Waals surface area contributed by atoms with Gasteiger partial charge in [0.05, 0.1) is 0 Å². The van der Waals surface area contributed by atoms with Crippen LogP contribution in [0.4, 0.5) is 0 Å². The van der Waals surface area contributed by atoms with Crippen molar-refractivity contribution in [2.75, 3.05) is 45.9 Å². The number of aliphatic hydroxyl groups excluding tert-OH is 1. The van der Waals surface area contributed by atoms with Crippen molar-refractivity contribution in [3.8, 4) is 0 Å². The molecule has 1 N–H and O–H groups in total. The summed E-state index contributed by atoms with van der Waals surface area (Å²) in [6, 6.07) is 0. The number of hydrogen-bond donors (Lipinski definition) is 1. The molecule has 24 heavy (non-hydrogen) atoms. The Hall–Kier alpha value is 0.380. The second-order valence-corrected chi connectivity index (χ2v) is 17.2. The Kier molecular flexibility index (Phi) is 15.0. The molecule has 0 aromatic heterocycles. The third kappa shape index (κ3) is 7.73. The van der Waals surface area contributed by atoms with Gasteiger partial charge in [-0.2, -0.15) is 0 Å². The molecule has 5 nitrogen and oxygen atoms in total. The molecule has 0 aliphatic carbocycles. The van der Waals surface area contributed by atoms with Crippen LogP contribution >= 0.6 is 0 Å². The van der Waals surface area contributed by atoms with Gasteiger partial charge >= 0.3 is 138 Å². The number of aliphatic hydroxyl groups is 1. The predicted molar refractivity (Wildman–Crippen MR) is 104 cm³/mol. The molecular formula is C18H45N4OTa. The Labute approximate surface area is 156 Å². The zero-order valence-corrected chi connectivity index (χ0v) is 21.3. The van der Waals surface area contributed by atoms with E-state index in [-0.39, 0.29) is 12.1 Å². The zero-order valence-electron chi connectivity index (χ0n) is 18.1. The van der Waals surface area contributed by atoms with Gasteiger partial charge in [-0.15, -0.1) is 0 Å². The number of nitrogens with zero attached hydrogens (tertiary/aromatic N) is 4. The van der Waals surface area contributed by atoms with Crippen LogP contribution in [0.1, 0.15) is 69.2 Å². The second-order valence-electron chi connectivity index (χ2n) is 6.54. The van der Waals surface area contributed by atoms with Crippen LogP contribution in [0.15, 0.2) is 3.34 Å². The first kappa shape index (κ1) is 26.6. The molecule has 0 atom stereocenters. The predicted octanol–water partition coefficient (Wildman–Crippen LogP) is 3.89. The second kappa shape index (κ2) is 13.6. The van der Waals surface area contributed by atoms with Crippen LogP contribution in [0.2, 0.25) is 0 Å². The summed E-state index contributed by atoms with van der Waals surface area (Å²) in [7, 11) is 0. The van der Waals surface area contributed by atoms with Crippen molar-refractivity contribution in [3.05, 3.63) is 0 Å². The fourth-order valence-corrected chi connectivity index (χ4v) is 19.2. The SMILES string of the molecule is CCO.CC[N](CC)[Ta](=[N]C(C)(C)C)([N](CC)CC)[N](CC)CC. The average molecular weight is 515 g/mol. The fraction of sp³-hybridized carbons (Fsp3) is 1.00. The molecule has 0 aromatic carbocycles. The molecule has 0 unspecified atom stereocenters. The third-order valence-electron chi connectivity index (χ3n) is 3.76. The molecule has 0 aliphatic rings. The Bertz CT molecular complexity index is 305. The van der Waals surface area contributed by atoms with Crippen LogP contribution in [0.25, 0.3) is 0 Å². The first-order valence-corrected chi connectivity index (χ1v) is 15.4. The molecule has 0 amide bonds. The van der Waals surface area contributed by atoms with Gasteiger partial charge in [-0.1, -0.05) is 0 Å². The van der Waals surface area contributed by atoms with Gasteiger partial charge in [-0.25, -0.2) is 0 Å². The Morgan fingerprint density at radius 3 is 1.00 bits per heavy atom. The summed E-state index contributed by atoms with van der Waals surface area (Å²) < 4.78 is 13.7.